The van der Waals surface area contributed by atoms with Crippen LogP contribution in [0.5, 0.6) is 23.0 Å². The van der Waals surface area contributed by atoms with E-state index in [1.807, 2.05) is 0 Å². The molecule has 3 rings (SSSR count). The third-order valence-electron chi connectivity index (χ3n) is 3.45. The molecule has 6 nitrogen and oxygen atoms in total. The number of benzene rings is 3. The van der Waals surface area contributed by atoms with E-state index in [1.54, 1.807) is 0 Å². The van der Waals surface area contributed by atoms with Crippen LogP contribution in [0.2, 0.25) is 0 Å². The Morgan fingerprint density at radius 1 is 0.538 bits per heavy atom. The zero-order valence-electron chi connectivity index (χ0n) is 13.5. The number of phenols is 2. The second kappa shape index (κ2) is 7.40. The minimum absolute atomic E-state index is 0.0537. The lowest BCUT2D eigenvalue weighted by Crippen LogP contribution is -2.10. The van der Waals surface area contributed by atoms with Crippen molar-refractivity contribution < 1.29 is 29.3 Å². The van der Waals surface area contributed by atoms with Gasteiger partial charge in [0.2, 0.25) is 0 Å². The largest absolute Gasteiger partial charge is 0.508 e. The minimum atomic E-state index is -0.579. The number of hydrogen-bond donors (Lipinski definition) is 2. The standard InChI is InChI=1S/C20H14O6/c21-15-5-1-13(2-6-15)19(23)25-17-9-3-14(4-10-17)20(24)26-18-11-7-16(22)8-12-18/h1-12,21-22H. The molecule has 0 unspecified atom stereocenters. The van der Waals surface area contributed by atoms with Crippen LogP contribution < -0.4 is 9.47 Å². The van der Waals surface area contributed by atoms with Gasteiger partial charge < -0.3 is 19.7 Å². The first kappa shape index (κ1) is 17.0. The number of aromatic hydroxyl groups is 2. The zero-order chi connectivity index (χ0) is 18.5. The van der Waals surface area contributed by atoms with Gasteiger partial charge in [0.05, 0.1) is 11.1 Å². The second-order valence-electron chi connectivity index (χ2n) is 5.34. The molecule has 0 aromatic heterocycles. The number of ether oxygens (including phenoxy) is 2. The van der Waals surface area contributed by atoms with Crippen molar-refractivity contribution in [3.63, 3.8) is 0 Å². The van der Waals surface area contributed by atoms with Crippen LogP contribution in [-0.4, -0.2) is 22.2 Å². The molecular formula is C20H14O6. The summed E-state index contributed by atoms with van der Waals surface area (Å²) in [5.41, 5.74) is 0.570. The number of rotatable bonds is 4. The van der Waals surface area contributed by atoms with Gasteiger partial charge in [0.1, 0.15) is 23.0 Å². The van der Waals surface area contributed by atoms with Gasteiger partial charge in [-0.1, -0.05) is 0 Å². The Balaban J connectivity index is 1.64. The number of carbonyl (C=O) groups is 2. The second-order valence-corrected chi connectivity index (χ2v) is 5.34. The quantitative estimate of drug-likeness (QED) is 0.552. The Labute approximate surface area is 148 Å². The molecule has 2 N–H and O–H groups in total. The first-order chi connectivity index (χ1) is 12.5. The van der Waals surface area contributed by atoms with E-state index in [4.69, 9.17) is 9.47 Å². The van der Waals surface area contributed by atoms with Crippen LogP contribution in [0.15, 0.2) is 72.8 Å². The molecule has 0 saturated heterocycles. The van der Waals surface area contributed by atoms with E-state index in [2.05, 4.69) is 0 Å². The fraction of sp³-hybridized carbons (Fsp3) is 0. The van der Waals surface area contributed by atoms with Crippen molar-refractivity contribution in [2.45, 2.75) is 0 Å². The summed E-state index contributed by atoms with van der Waals surface area (Å²) >= 11 is 0. The van der Waals surface area contributed by atoms with E-state index < -0.39 is 11.9 Å². The van der Waals surface area contributed by atoms with Crippen molar-refractivity contribution in [1.29, 1.82) is 0 Å². The molecular weight excluding hydrogens is 336 g/mol. The molecule has 0 saturated carbocycles. The Bertz CT molecular complexity index is 912. The average Bonchev–Trinajstić information content (AvgIpc) is 2.64. The number of phenolic OH excluding ortho intramolecular Hbond substituents is 2. The van der Waals surface area contributed by atoms with Crippen molar-refractivity contribution in [2.75, 3.05) is 0 Å². The SMILES string of the molecule is O=C(Oc1ccc(C(=O)Oc2ccc(O)cc2)cc1)c1ccc(O)cc1. The molecule has 0 bridgehead atoms. The molecule has 0 aliphatic carbocycles. The smallest absolute Gasteiger partial charge is 0.343 e. The highest BCUT2D eigenvalue weighted by Gasteiger charge is 2.11. The molecule has 3 aromatic carbocycles. The average molecular weight is 350 g/mol. The van der Waals surface area contributed by atoms with Crippen LogP contribution in [0.1, 0.15) is 20.7 Å². The van der Waals surface area contributed by atoms with Crippen molar-refractivity contribution in [1.82, 2.24) is 0 Å². The van der Waals surface area contributed by atoms with Crippen LogP contribution >= 0.6 is 0 Å². The van der Waals surface area contributed by atoms with Crippen LogP contribution in [0.3, 0.4) is 0 Å². The Kier molecular flexibility index (Phi) is 4.85. The first-order valence-corrected chi connectivity index (χ1v) is 7.64. The van der Waals surface area contributed by atoms with Gasteiger partial charge in [-0.2, -0.15) is 0 Å². The van der Waals surface area contributed by atoms with Gasteiger partial charge in [0.15, 0.2) is 0 Å². The van der Waals surface area contributed by atoms with Crippen molar-refractivity contribution >= 4 is 11.9 Å². The molecule has 0 aliphatic rings. The molecule has 0 aliphatic heterocycles. The van der Waals surface area contributed by atoms with Gasteiger partial charge in [-0.3, -0.25) is 0 Å². The summed E-state index contributed by atoms with van der Waals surface area (Å²) in [6.45, 7) is 0. The summed E-state index contributed by atoms with van der Waals surface area (Å²) in [6.07, 6.45) is 0. The number of esters is 2. The highest BCUT2D eigenvalue weighted by molar-refractivity contribution is 5.92. The molecule has 6 heteroatoms. The maximum Gasteiger partial charge on any atom is 0.343 e. The van der Waals surface area contributed by atoms with E-state index in [-0.39, 0.29) is 22.8 Å². The summed E-state index contributed by atoms with van der Waals surface area (Å²) in [5.74, 6) is -0.459. The Morgan fingerprint density at radius 2 is 0.846 bits per heavy atom. The van der Waals surface area contributed by atoms with Gasteiger partial charge >= 0.3 is 11.9 Å². The van der Waals surface area contributed by atoms with Gasteiger partial charge in [0.25, 0.3) is 0 Å². The maximum atomic E-state index is 12.1. The Morgan fingerprint density at radius 3 is 1.27 bits per heavy atom. The van der Waals surface area contributed by atoms with Crippen molar-refractivity contribution in [2.24, 2.45) is 0 Å². The molecule has 0 atom stereocenters. The minimum Gasteiger partial charge on any atom is -0.508 e. The lowest BCUT2D eigenvalue weighted by Gasteiger charge is -2.07. The number of hydrogen-bond acceptors (Lipinski definition) is 6. The number of carbonyl (C=O) groups excluding carboxylic acids is 2. The predicted octanol–water partition coefficient (Wildman–Crippen LogP) is 3.54. The van der Waals surface area contributed by atoms with Crippen LogP contribution in [0.25, 0.3) is 0 Å². The summed E-state index contributed by atoms with van der Waals surface area (Å²) in [5, 5.41) is 18.4. The van der Waals surface area contributed by atoms with Gasteiger partial charge in [-0.05, 0) is 72.8 Å². The van der Waals surface area contributed by atoms with Gasteiger partial charge in [-0.25, -0.2) is 9.59 Å². The van der Waals surface area contributed by atoms with E-state index >= 15 is 0 Å². The summed E-state index contributed by atoms with van der Waals surface area (Å²) in [7, 11) is 0. The highest BCUT2D eigenvalue weighted by atomic mass is 16.5. The molecule has 0 radical (unpaired) electrons. The first-order valence-electron chi connectivity index (χ1n) is 7.64. The van der Waals surface area contributed by atoms with Crippen molar-refractivity contribution in [3.05, 3.63) is 83.9 Å². The molecule has 3 aromatic rings. The third-order valence-corrected chi connectivity index (χ3v) is 3.45. The molecule has 130 valence electrons. The molecule has 26 heavy (non-hydrogen) atoms. The lowest BCUT2D eigenvalue weighted by atomic mass is 10.2. The van der Waals surface area contributed by atoms with Crippen molar-refractivity contribution in [3.8, 4) is 23.0 Å². The van der Waals surface area contributed by atoms with Crippen LogP contribution in [-0.2, 0) is 0 Å². The van der Waals surface area contributed by atoms with Crippen LogP contribution in [0, 0.1) is 0 Å². The normalized spacial score (nSPS) is 10.2. The monoisotopic (exact) mass is 350 g/mol. The van der Waals surface area contributed by atoms with E-state index in [9.17, 15) is 19.8 Å². The van der Waals surface area contributed by atoms with E-state index in [0.29, 0.717) is 11.3 Å². The lowest BCUT2D eigenvalue weighted by molar-refractivity contribution is 0.0730. The molecule has 0 heterocycles. The van der Waals surface area contributed by atoms with Gasteiger partial charge in [0, 0.05) is 0 Å². The predicted molar refractivity (Wildman–Crippen MR) is 92.6 cm³/mol. The molecule has 0 spiro atoms. The molecule has 0 fully saturated rings. The van der Waals surface area contributed by atoms with Gasteiger partial charge in [-0.15, -0.1) is 0 Å². The zero-order valence-corrected chi connectivity index (χ0v) is 13.5. The van der Waals surface area contributed by atoms with E-state index in [1.165, 1.54) is 72.8 Å². The maximum absolute atomic E-state index is 12.1. The fourth-order valence-electron chi connectivity index (χ4n) is 2.10. The topological polar surface area (TPSA) is 93.1 Å². The fourth-order valence-corrected chi connectivity index (χ4v) is 2.10. The molecule has 0 amide bonds. The highest BCUT2D eigenvalue weighted by Crippen LogP contribution is 2.19. The summed E-state index contributed by atoms with van der Waals surface area (Å²) in [4.78, 5) is 24.1. The summed E-state index contributed by atoms with van der Waals surface area (Å²) < 4.78 is 10.4. The third kappa shape index (κ3) is 4.18. The van der Waals surface area contributed by atoms with E-state index in [0.717, 1.165) is 0 Å². The van der Waals surface area contributed by atoms with Crippen LogP contribution in [0.4, 0.5) is 0 Å². The summed E-state index contributed by atoms with van der Waals surface area (Å²) in [6, 6.07) is 17.3. The Hall–Kier alpha value is -3.80.